The van der Waals surface area contributed by atoms with E-state index < -0.39 is 12.1 Å². The number of fused-ring (bicyclic) bond motifs is 1. The number of likely N-dealkylation sites (N-methyl/N-ethyl adjacent to an activating group) is 1. The highest BCUT2D eigenvalue weighted by molar-refractivity contribution is 5.99. The lowest BCUT2D eigenvalue weighted by Crippen LogP contribution is -2.53. The largest absolute Gasteiger partial charge is 0.369 e. The molecule has 3 fully saturated rings. The molecule has 0 aromatic heterocycles. The summed E-state index contributed by atoms with van der Waals surface area (Å²) in [6.07, 6.45) is 2.14. The summed E-state index contributed by atoms with van der Waals surface area (Å²) in [4.78, 5) is 46.3. The van der Waals surface area contributed by atoms with Crippen LogP contribution in [0.3, 0.4) is 0 Å². The molecule has 0 spiro atoms. The Balaban J connectivity index is 1.46. The molecule has 2 amide bonds. The van der Waals surface area contributed by atoms with Crippen LogP contribution in [0.15, 0.2) is 24.3 Å². The Morgan fingerprint density at radius 2 is 1.76 bits per heavy atom. The molecule has 37 heavy (non-hydrogen) atoms. The van der Waals surface area contributed by atoms with Crippen molar-refractivity contribution in [2.75, 3.05) is 50.8 Å². The molecule has 3 heterocycles. The van der Waals surface area contributed by atoms with Gasteiger partial charge in [-0.25, -0.2) is 0 Å². The Bertz CT molecular complexity index is 965. The van der Waals surface area contributed by atoms with E-state index in [0.717, 1.165) is 51.3 Å². The molecule has 0 unspecified atom stereocenters. The quantitative estimate of drug-likeness (QED) is 0.577. The van der Waals surface area contributed by atoms with Crippen molar-refractivity contribution in [3.63, 3.8) is 0 Å². The van der Waals surface area contributed by atoms with Crippen LogP contribution in [0.2, 0.25) is 0 Å². The zero-order valence-corrected chi connectivity index (χ0v) is 23.2. The summed E-state index contributed by atoms with van der Waals surface area (Å²) >= 11 is 0. The highest BCUT2D eigenvalue weighted by atomic mass is 16.5. The van der Waals surface area contributed by atoms with Gasteiger partial charge in [0.1, 0.15) is 18.7 Å². The lowest BCUT2D eigenvalue weighted by Gasteiger charge is -2.35. The van der Waals surface area contributed by atoms with Crippen LogP contribution < -0.4 is 10.2 Å². The molecule has 0 radical (unpaired) electrons. The number of ketones is 1. The van der Waals surface area contributed by atoms with Gasteiger partial charge in [-0.2, -0.15) is 0 Å². The average molecular weight is 513 g/mol. The lowest BCUT2D eigenvalue weighted by molar-refractivity contribution is -0.138. The number of nitrogens with one attached hydrogen (secondary N) is 1. The van der Waals surface area contributed by atoms with E-state index in [1.54, 1.807) is 4.90 Å². The second-order valence-electron chi connectivity index (χ2n) is 12.0. The van der Waals surface area contributed by atoms with Crippen molar-refractivity contribution in [1.29, 1.82) is 0 Å². The Hall–Kier alpha value is -2.45. The van der Waals surface area contributed by atoms with E-state index in [1.807, 2.05) is 24.3 Å². The van der Waals surface area contributed by atoms with Crippen molar-refractivity contribution < 1.29 is 19.1 Å². The number of Topliss-reactive ketones (excluding diaryl/α,β-unsaturated/α-hetero) is 1. The maximum absolute atomic E-state index is 13.8. The molecule has 4 atom stereocenters. The van der Waals surface area contributed by atoms with Crippen LogP contribution in [0.25, 0.3) is 0 Å². The summed E-state index contributed by atoms with van der Waals surface area (Å²) in [7, 11) is 0. The molecule has 3 aliphatic heterocycles. The molecule has 8 nitrogen and oxygen atoms in total. The van der Waals surface area contributed by atoms with Gasteiger partial charge in [0.05, 0.1) is 6.10 Å². The maximum Gasteiger partial charge on any atom is 0.251 e. The first-order valence-electron chi connectivity index (χ1n) is 13.9. The van der Waals surface area contributed by atoms with Gasteiger partial charge < -0.3 is 24.8 Å². The fourth-order valence-corrected chi connectivity index (χ4v) is 6.01. The van der Waals surface area contributed by atoms with Crippen molar-refractivity contribution in [3.8, 4) is 0 Å². The predicted octanol–water partition coefficient (Wildman–Crippen LogP) is 2.96. The standard InChI is InChI=1S/C29H44N4O4/c1-6-8-21-18-33(25-24(34)19-37-26(21)25)28(36)23(17-29(3,4)5)30-27(35)20-9-11-22(12-10-20)32-15-13-31(7-2)14-16-32/h9-12,21,23,25-26H,6-8,13-19H2,1-5H3,(H,30,35)/t21-,23+,25-,26-/m1/s1. The van der Waals surface area contributed by atoms with Crippen molar-refractivity contribution in [2.24, 2.45) is 11.3 Å². The fourth-order valence-electron chi connectivity index (χ4n) is 6.01. The molecule has 0 saturated carbocycles. The zero-order valence-electron chi connectivity index (χ0n) is 23.2. The lowest BCUT2D eigenvalue weighted by atomic mass is 9.87. The second-order valence-corrected chi connectivity index (χ2v) is 12.0. The second kappa shape index (κ2) is 11.5. The Morgan fingerprint density at radius 3 is 2.35 bits per heavy atom. The monoisotopic (exact) mass is 512 g/mol. The summed E-state index contributed by atoms with van der Waals surface area (Å²) in [5.41, 5.74) is 1.46. The highest BCUT2D eigenvalue weighted by Crippen LogP contribution is 2.35. The Labute approximate surface area is 221 Å². The van der Waals surface area contributed by atoms with Crippen molar-refractivity contribution in [2.45, 2.75) is 72.1 Å². The minimum Gasteiger partial charge on any atom is -0.369 e. The van der Waals surface area contributed by atoms with Gasteiger partial charge in [0.15, 0.2) is 5.78 Å². The number of likely N-dealkylation sites (tertiary alicyclic amines) is 1. The SMILES string of the molecule is CCC[C@@H]1CN(C(=O)[C@H](CC(C)(C)C)NC(=O)c2ccc(N3CCN(CC)CC3)cc2)[C@@H]2C(=O)CO[C@H]12. The van der Waals surface area contributed by atoms with Gasteiger partial charge in [-0.15, -0.1) is 0 Å². The molecule has 0 aliphatic carbocycles. The number of anilines is 1. The van der Waals surface area contributed by atoms with Crippen LogP contribution in [0, 0.1) is 11.3 Å². The number of benzene rings is 1. The molecule has 204 valence electrons. The van der Waals surface area contributed by atoms with Gasteiger partial charge in [-0.1, -0.05) is 41.0 Å². The van der Waals surface area contributed by atoms with Crippen LogP contribution in [0.5, 0.6) is 0 Å². The third-order valence-electron chi connectivity index (χ3n) is 7.97. The van der Waals surface area contributed by atoms with Gasteiger partial charge >= 0.3 is 0 Å². The number of hydrogen-bond donors (Lipinski definition) is 1. The van der Waals surface area contributed by atoms with Gasteiger partial charge in [-0.3, -0.25) is 14.4 Å². The third kappa shape index (κ3) is 6.34. The van der Waals surface area contributed by atoms with Crippen LogP contribution in [-0.2, 0) is 14.3 Å². The number of carbonyl (C=O) groups is 3. The minimum absolute atomic E-state index is 0.0341. The Morgan fingerprint density at radius 1 is 1.08 bits per heavy atom. The zero-order chi connectivity index (χ0) is 26.7. The maximum atomic E-state index is 13.8. The number of ether oxygens (including phenoxy) is 1. The van der Waals surface area contributed by atoms with Crippen molar-refractivity contribution in [3.05, 3.63) is 29.8 Å². The summed E-state index contributed by atoms with van der Waals surface area (Å²) in [5.74, 6) is -0.322. The molecule has 1 aromatic rings. The summed E-state index contributed by atoms with van der Waals surface area (Å²) in [6.45, 7) is 16.1. The smallest absolute Gasteiger partial charge is 0.251 e. The van der Waals surface area contributed by atoms with Crippen molar-refractivity contribution >= 4 is 23.3 Å². The summed E-state index contributed by atoms with van der Waals surface area (Å²) < 4.78 is 5.80. The first-order valence-corrected chi connectivity index (χ1v) is 13.9. The summed E-state index contributed by atoms with van der Waals surface area (Å²) in [6, 6.07) is 6.43. The van der Waals surface area contributed by atoms with Crippen LogP contribution >= 0.6 is 0 Å². The van der Waals surface area contributed by atoms with Crippen molar-refractivity contribution in [1.82, 2.24) is 15.1 Å². The number of piperazine rings is 1. The molecule has 1 N–H and O–H groups in total. The number of amides is 2. The van der Waals surface area contributed by atoms with E-state index in [2.05, 4.69) is 49.7 Å². The van der Waals surface area contributed by atoms with Gasteiger partial charge in [-0.05, 0) is 49.1 Å². The van der Waals surface area contributed by atoms with E-state index >= 15 is 0 Å². The highest BCUT2D eigenvalue weighted by Gasteiger charge is 2.52. The van der Waals surface area contributed by atoms with E-state index in [9.17, 15) is 14.4 Å². The summed E-state index contributed by atoms with van der Waals surface area (Å²) in [5, 5.41) is 3.02. The predicted molar refractivity (Wildman–Crippen MR) is 145 cm³/mol. The fraction of sp³-hybridized carbons (Fsp3) is 0.690. The number of hydrogen-bond acceptors (Lipinski definition) is 6. The molecular weight excluding hydrogens is 468 g/mol. The average Bonchev–Trinajstić information content (AvgIpc) is 3.43. The molecule has 4 rings (SSSR count). The minimum atomic E-state index is -0.705. The Kier molecular flexibility index (Phi) is 8.59. The first-order chi connectivity index (χ1) is 17.6. The van der Waals surface area contributed by atoms with Crippen LogP contribution in [0.1, 0.15) is 64.2 Å². The molecule has 1 aromatic carbocycles. The molecule has 3 saturated heterocycles. The van der Waals surface area contributed by atoms with Crippen LogP contribution in [0.4, 0.5) is 5.69 Å². The van der Waals surface area contributed by atoms with E-state index in [0.29, 0.717) is 18.5 Å². The van der Waals surface area contributed by atoms with Gasteiger partial charge in [0.25, 0.3) is 5.91 Å². The van der Waals surface area contributed by atoms with E-state index in [1.165, 1.54) is 0 Å². The van der Waals surface area contributed by atoms with Gasteiger partial charge in [0, 0.05) is 49.9 Å². The molecular formula is C29H44N4O4. The molecule has 0 bridgehead atoms. The topological polar surface area (TPSA) is 82.2 Å². The van der Waals surface area contributed by atoms with E-state index in [-0.39, 0.29) is 41.6 Å². The number of rotatable bonds is 8. The number of nitrogens with zero attached hydrogens (tertiary/aromatic N) is 3. The van der Waals surface area contributed by atoms with E-state index in [4.69, 9.17) is 4.74 Å². The first kappa shape index (κ1) is 27.6. The number of carbonyl (C=O) groups excluding carboxylic acids is 3. The third-order valence-corrected chi connectivity index (χ3v) is 7.97. The normalized spacial score (nSPS) is 25.3. The van der Waals surface area contributed by atoms with Crippen LogP contribution in [-0.4, -0.2) is 91.5 Å². The molecule has 3 aliphatic rings. The van der Waals surface area contributed by atoms with Gasteiger partial charge in [0.2, 0.25) is 5.91 Å². The molecule has 8 heteroatoms.